The predicted molar refractivity (Wildman–Crippen MR) is 140 cm³/mol. The van der Waals surface area contributed by atoms with E-state index in [9.17, 15) is 13.2 Å². The first-order valence-electron chi connectivity index (χ1n) is 11.4. The molecule has 1 fully saturated rings. The van der Waals surface area contributed by atoms with E-state index in [1.807, 2.05) is 67.3 Å². The van der Waals surface area contributed by atoms with E-state index in [4.69, 9.17) is 23.2 Å². The summed E-state index contributed by atoms with van der Waals surface area (Å²) in [5.41, 5.74) is 1.29. The second-order valence-corrected chi connectivity index (χ2v) is 12.0. The third-order valence-corrected chi connectivity index (χ3v) is 7.81. The Kier molecular flexibility index (Phi) is 8.51. The highest BCUT2D eigenvalue weighted by atomic mass is 35.5. The molecular weight excluding hydrogens is 491 g/mol. The lowest BCUT2D eigenvalue weighted by molar-refractivity contribution is -0.154. The van der Waals surface area contributed by atoms with Crippen LogP contribution in [0.4, 0.5) is 0 Å². The molecule has 2 aromatic rings. The van der Waals surface area contributed by atoms with Crippen LogP contribution in [0.2, 0.25) is 10.0 Å². The van der Waals surface area contributed by atoms with Crippen molar-refractivity contribution in [1.29, 1.82) is 0 Å². The van der Waals surface area contributed by atoms with Gasteiger partial charge in [-0.05, 0) is 54.7 Å². The van der Waals surface area contributed by atoms with Crippen molar-refractivity contribution in [2.75, 3.05) is 12.8 Å². The van der Waals surface area contributed by atoms with Crippen LogP contribution in [-0.2, 0) is 14.8 Å². The van der Waals surface area contributed by atoms with E-state index in [2.05, 4.69) is 11.3 Å². The maximum atomic E-state index is 14.1. The smallest absolute Gasteiger partial charge is 0.229 e. The molecule has 1 aliphatic heterocycles. The van der Waals surface area contributed by atoms with Gasteiger partial charge < -0.3 is 4.90 Å². The van der Waals surface area contributed by atoms with Gasteiger partial charge in [0.1, 0.15) is 0 Å². The third kappa shape index (κ3) is 6.03. The second kappa shape index (κ2) is 10.8. The fourth-order valence-corrected chi connectivity index (χ4v) is 5.80. The fraction of sp³-hybridized carbons (Fsp3) is 0.423. The Morgan fingerprint density at radius 1 is 1.18 bits per heavy atom. The molecule has 4 atom stereocenters. The Morgan fingerprint density at radius 3 is 2.41 bits per heavy atom. The van der Waals surface area contributed by atoms with Gasteiger partial charge in [-0.15, -0.1) is 6.58 Å². The molecule has 3 rings (SSSR count). The zero-order valence-electron chi connectivity index (χ0n) is 19.8. The van der Waals surface area contributed by atoms with Gasteiger partial charge in [0.25, 0.3) is 0 Å². The fourth-order valence-electron chi connectivity index (χ4n) is 4.98. The van der Waals surface area contributed by atoms with Gasteiger partial charge in [0, 0.05) is 28.5 Å². The lowest BCUT2D eigenvalue weighted by Crippen LogP contribution is -2.57. The van der Waals surface area contributed by atoms with Crippen LogP contribution in [0.5, 0.6) is 0 Å². The van der Waals surface area contributed by atoms with Gasteiger partial charge in [0.15, 0.2) is 0 Å². The summed E-state index contributed by atoms with van der Waals surface area (Å²) in [5, 5.41) is 1.24. The molecule has 1 aliphatic rings. The summed E-state index contributed by atoms with van der Waals surface area (Å²) in [7, 11) is -3.42. The maximum absolute atomic E-state index is 14.1. The van der Waals surface area contributed by atoms with Crippen molar-refractivity contribution in [3.8, 4) is 0 Å². The van der Waals surface area contributed by atoms with Gasteiger partial charge in [-0.25, -0.2) is 13.1 Å². The average molecular weight is 524 g/mol. The van der Waals surface area contributed by atoms with Crippen molar-refractivity contribution in [3.63, 3.8) is 0 Å². The number of sulfonamides is 1. The largest absolute Gasteiger partial charge is 0.330 e. The van der Waals surface area contributed by atoms with Gasteiger partial charge in [-0.1, -0.05) is 67.4 Å². The van der Waals surface area contributed by atoms with E-state index >= 15 is 0 Å². The van der Waals surface area contributed by atoms with Crippen molar-refractivity contribution >= 4 is 39.1 Å². The number of halogens is 2. The monoisotopic (exact) mass is 522 g/mol. The molecule has 1 amide bonds. The minimum Gasteiger partial charge on any atom is -0.330 e. The summed E-state index contributed by atoms with van der Waals surface area (Å²) in [6, 6.07) is 14.6. The van der Waals surface area contributed by atoms with Crippen LogP contribution in [0.25, 0.3) is 0 Å². The number of nitrogens with one attached hydrogen (secondary N) is 1. The van der Waals surface area contributed by atoms with E-state index in [1.54, 1.807) is 6.08 Å². The molecule has 0 spiro atoms. The summed E-state index contributed by atoms with van der Waals surface area (Å²) in [5.74, 6) is -0.0670. The molecule has 1 N–H and O–H groups in total. The van der Waals surface area contributed by atoms with E-state index in [-0.39, 0.29) is 30.5 Å². The number of rotatable bonds is 9. The average Bonchev–Trinajstić information content (AvgIpc) is 2.77. The number of amides is 1. The molecule has 0 bridgehead atoms. The molecule has 1 saturated heterocycles. The first-order chi connectivity index (χ1) is 16.0. The van der Waals surface area contributed by atoms with Gasteiger partial charge >= 0.3 is 0 Å². The van der Waals surface area contributed by atoms with Crippen LogP contribution in [0.1, 0.15) is 56.2 Å². The van der Waals surface area contributed by atoms with Crippen molar-refractivity contribution in [3.05, 3.63) is 82.4 Å². The lowest BCUT2D eigenvalue weighted by atomic mass is 9.67. The third-order valence-electron chi connectivity index (χ3n) is 6.63. The predicted octanol–water partition coefficient (Wildman–Crippen LogP) is 5.96. The van der Waals surface area contributed by atoms with Gasteiger partial charge in [0.2, 0.25) is 15.9 Å². The number of likely N-dealkylation sites (tertiary alicyclic amines) is 1. The summed E-state index contributed by atoms with van der Waals surface area (Å²) in [6.45, 7) is 7.97. The summed E-state index contributed by atoms with van der Waals surface area (Å²) < 4.78 is 26.4. The number of nitrogens with zero attached hydrogens (tertiary/aromatic N) is 1. The molecule has 5 nitrogen and oxygen atoms in total. The molecule has 1 heterocycles. The maximum Gasteiger partial charge on any atom is 0.229 e. The van der Waals surface area contributed by atoms with E-state index in [0.717, 1.165) is 17.4 Å². The number of benzene rings is 2. The topological polar surface area (TPSA) is 66.5 Å². The first-order valence-corrected chi connectivity index (χ1v) is 14.0. The molecule has 2 aromatic carbocycles. The molecule has 0 radical (unpaired) electrons. The molecule has 34 heavy (non-hydrogen) atoms. The van der Waals surface area contributed by atoms with Crippen LogP contribution >= 0.6 is 23.2 Å². The second-order valence-electron chi connectivity index (χ2n) is 9.31. The molecule has 0 aromatic heterocycles. The first kappa shape index (κ1) is 26.7. The summed E-state index contributed by atoms with van der Waals surface area (Å²) in [4.78, 5) is 16.0. The van der Waals surface area contributed by atoms with Crippen molar-refractivity contribution < 1.29 is 13.2 Å². The van der Waals surface area contributed by atoms with Crippen molar-refractivity contribution in [1.82, 2.24) is 9.62 Å². The Labute approximate surface area is 213 Å². The van der Waals surface area contributed by atoms with Gasteiger partial charge in [-0.3, -0.25) is 4.79 Å². The van der Waals surface area contributed by atoms with Gasteiger partial charge in [-0.2, -0.15) is 0 Å². The zero-order valence-corrected chi connectivity index (χ0v) is 22.1. The zero-order chi connectivity index (χ0) is 25.1. The summed E-state index contributed by atoms with van der Waals surface area (Å²) in [6.07, 6.45) is 4.62. The van der Waals surface area contributed by atoms with E-state index < -0.39 is 15.4 Å². The minimum atomic E-state index is -3.42. The van der Waals surface area contributed by atoms with Crippen LogP contribution in [-0.4, -0.2) is 38.1 Å². The summed E-state index contributed by atoms with van der Waals surface area (Å²) >= 11 is 12.6. The standard InChI is InChI=1S/C26H32Cl2N2O3S/c1-5-14-26(3)16-23(19-8-7-9-21(28)15-19)24(18-10-12-20(27)13-11-18)30(25(26)31)22(6-2)17-29-34(4,32)33/h5,7-13,15,22-24,29H,1,6,14,16-17H2,2-4H3/t22-,23+,24?,26-/m0/s1. The highest BCUT2D eigenvalue weighted by Crippen LogP contribution is 2.52. The van der Waals surface area contributed by atoms with E-state index in [0.29, 0.717) is 29.3 Å². The Balaban J connectivity index is 2.20. The Hall–Kier alpha value is -1.86. The van der Waals surface area contributed by atoms with Crippen molar-refractivity contribution in [2.24, 2.45) is 5.41 Å². The number of carbonyl (C=O) groups is 1. The number of allylic oxidation sites excluding steroid dienone is 1. The van der Waals surface area contributed by atoms with Crippen molar-refractivity contribution in [2.45, 2.75) is 51.1 Å². The number of hydrogen-bond acceptors (Lipinski definition) is 3. The normalized spacial score (nSPS) is 24.1. The number of carbonyl (C=O) groups excluding carboxylic acids is 1. The molecular formula is C26H32Cl2N2O3S. The Bertz CT molecular complexity index is 1140. The number of piperidine rings is 1. The molecule has 0 aliphatic carbocycles. The van der Waals surface area contributed by atoms with Crippen LogP contribution in [0, 0.1) is 5.41 Å². The highest BCUT2D eigenvalue weighted by molar-refractivity contribution is 7.88. The Morgan fingerprint density at radius 2 is 1.85 bits per heavy atom. The van der Waals surface area contributed by atoms with E-state index in [1.165, 1.54) is 0 Å². The molecule has 184 valence electrons. The minimum absolute atomic E-state index is 0.00669. The lowest BCUT2D eigenvalue weighted by Gasteiger charge is -2.52. The van der Waals surface area contributed by atoms with Crippen LogP contribution in [0.15, 0.2) is 61.2 Å². The molecule has 1 unspecified atom stereocenters. The SMILES string of the molecule is C=CC[C@@]1(C)C[C@H](c2cccc(Cl)c2)C(c2ccc(Cl)cc2)N([C@@H](CC)CNS(C)(=O)=O)C1=O. The highest BCUT2D eigenvalue weighted by Gasteiger charge is 2.50. The quantitative estimate of drug-likeness (QED) is 0.413. The van der Waals surface area contributed by atoms with Crippen LogP contribution < -0.4 is 4.72 Å². The molecule has 0 saturated carbocycles. The van der Waals surface area contributed by atoms with Crippen LogP contribution in [0.3, 0.4) is 0 Å². The molecule has 8 heteroatoms. The van der Waals surface area contributed by atoms with Gasteiger partial charge in [0.05, 0.1) is 17.7 Å². The number of hydrogen-bond donors (Lipinski definition) is 1.